The first-order chi connectivity index (χ1) is 8.19. The SMILES string of the molecule is CCCCOC(=O)CN1CCCC1C(=O)NC. The van der Waals surface area contributed by atoms with E-state index in [-0.39, 0.29) is 24.5 Å². The number of likely N-dealkylation sites (N-methyl/N-ethyl adjacent to an activating group) is 1. The number of hydrogen-bond acceptors (Lipinski definition) is 4. The summed E-state index contributed by atoms with van der Waals surface area (Å²) in [6.07, 6.45) is 3.69. The molecule has 0 radical (unpaired) electrons. The molecule has 17 heavy (non-hydrogen) atoms. The van der Waals surface area contributed by atoms with Crippen LogP contribution < -0.4 is 5.32 Å². The molecule has 1 atom stereocenters. The lowest BCUT2D eigenvalue weighted by Gasteiger charge is -2.21. The minimum atomic E-state index is -0.228. The fraction of sp³-hybridized carbons (Fsp3) is 0.833. The van der Waals surface area contributed by atoms with Crippen LogP contribution in [0.2, 0.25) is 0 Å². The van der Waals surface area contributed by atoms with Gasteiger partial charge >= 0.3 is 5.97 Å². The summed E-state index contributed by atoms with van der Waals surface area (Å²) in [7, 11) is 1.62. The summed E-state index contributed by atoms with van der Waals surface area (Å²) >= 11 is 0. The molecule has 98 valence electrons. The van der Waals surface area contributed by atoms with Gasteiger partial charge in [0.05, 0.1) is 19.2 Å². The standard InChI is InChI=1S/C12H22N2O3/c1-3-4-8-17-11(15)9-14-7-5-6-10(14)12(16)13-2/h10H,3-9H2,1-2H3,(H,13,16). The van der Waals surface area contributed by atoms with Gasteiger partial charge in [0.15, 0.2) is 0 Å². The Morgan fingerprint density at radius 2 is 2.24 bits per heavy atom. The average Bonchev–Trinajstić information content (AvgIpc) is 2.76. The Kier molecular flexibility index (Phi) is 5.97. The molecule has 5 heteroatoms. The van der Waals surface area contributed by atoms with E-state index >= 15 is 0 Å². The summed E-state index contributed by atoms with van der Waals surface area (Å²) in [6.45, 7) is 3.55. The first kappa shape index (κ1) is 14.0. The Morgan fingerprint density at radius 3 is 2.88 bits per heavy atom. The van der Waals surface area contributed by atoms with Crippen LogP contribution in [0.1, 0.15) is 32.6 Å². The molecule has 0 aromatic rings. The molecule has 0 saturated carbocycles. The van der Waals surface area contributed by atoms with Gasteiger partial charge in [-0.3, -0.25) is 14.5 Å². The first-order valence-corrected chi connectivity index (χ1v) is 6.30. The molecule has 0 spiro atoms. The molecule has 0 bridgehead atoms. The zero-order chi connectivity index (χ0) is 12.7. The van der Waals surface area contributed by atoms with Crippen molar-refractivity contribution in [3.05, 3.63) is 0 Å². The molecule has 1 rings (SSSR count). The lowest BCUT2D eigenvalue weighted by Crippen LogP contribution is -2.44. The van der Waals surface area contributed by atoms with Gasteiger partial charge in [-0.05, 0) is 25.8 Å². The van der Waals surface area contributed by atoms with Gasteiger partial charge in [-0.25, -0.2) is 0 Å². The van der Waals surface area contributed by atoms with E-state index in [1.807, 2.05) is 4.90 Å². The monoisotopic (exact) mass is 242 g/mol. The van der Waals surface area contributed by atoms with Gasteiger partial charge in [0.25, 0.3) is 0 Å². The van der Waals surface area contributed by atoms with Crippen LogP contribution in [0.15, 0.2) is 0 Å². The van der Waals surface area contributed by atoms with Crippen molar-refractivity contribution in [2.75, 3.05) is 26.7 Å². The van der Waals surface area contributed by atoms with Crippen LogP contribution in [0.5, 0.6) is 0 Å². The quantitative estimate of drug-likeness (QED) is 0.545. The predicted octanol–water partition coefficient (Wildman–Crippen LogP) is 0.540. The number of amides is 1. The van der Waals surface area contributed by atoms with Gasteiger partial charge in [0.1, 0.15) is 0 Å². The minimum Gasteiger partial charge on any atom is -0.465 e. The Hall–Kier alpha value is -1.10. The van der Waals surface area contributed by atoms with Crippen molar-refractivity contribution in [1.29, 1.82) is 0 Å². The van der Waals surface area contributed by atoms with Crippen molar-refractivity contribution in [2.45, 2.75) is 38.6 Å². The topological polar surface area (TPSA) is 58.6 Å². The third-order valence-corrected chi connectivity index (χ3v) is 3.01. The number of carbonyl (C=O) groups excluding carboxylic acids is 2. The highest BCUT2D eigenvalue weighted by Gasteiger charge is 2.31. The van der Waals surface area contributed by atoms with Crippen LogP contribution in [0.25, 0.3) is 0 Å². The number of nitrogens with zero attached hydrogens (tertiary/aromatic N) is 1. The van der Waals surface area contributed by atoms with Gasteiger partial charge < -0.3 is 10.1 Å². The van der Waals surface area contributed by atoms with Gasteiger partial charge in [0.2, 0.25) is 5.91 Å². The van der Waals surface area contributed by atoms with Gasteiger partial charge in [-0.1, -0.05) is 13.3 Å². The molecule has 0 aromatic heterocycles. The zero-order valence-electron chi connectivity index (χ0n) is 10.7. The van der Waals surface area contributed by atoms with Crippen molar-refractivity contribution in [3.63, 3.8) is 0 Å². The van der Waals surface area contributed by atoms with E-state index in [0.29, 0.717) is 6.61 Å². The molecule has 1 saturated heterocycles. The fourth-order valence-corrected chi connectivity index (χ4v) is 2.02. The van der Waals surface area contributed by atoms with Gasteiger partial charge in [0, 0.05) is 7.05 Å². The molecule has 0 aromatic carbocycles. The second-order valence-corrected chi connectivity index (χ2v) is 4.32. The van der Waals surface area contributed by atoms with Crippen molar-refractivity contribution in [3.8, 4) is 0 Å². The highest BCUT2D eigenvalue weighted by molar-refractivity contribution is 5.82. The highest BCUT2D eigenvalue weighted by atomic mass is 16.5. The molecule has 1 aliphatic rings. The molecule has 1 fully saturated rings. The molecule has 0 aliphatic carbocycles. The number of esters is 1. The predicted molar refractivity (Wildman–Crippen MR) is 64.5 cm³/mol. The summed E-state index contributed by atoms with van der Waals surface area (Å²) in [5.41, 5.74) is 0. The Bertz CT molecular complexity index is 268. The van der Waals surface area contributed by atoms with Crippen molar-refractivity contribution >= 4 is 11.9 Å². The Labute approximate surface area is 102 Å². The Balaban J connectivity index is 2.34. The van der Waals surface area contributed by atoms with Crippen molar-refractivity contribution < 1.29 is 14.3 Å². The summed E-state index contributed by atoms with van der Waals surface area (Å²) in [6, 6.07) is -0.168. The smallest absolute Gasteiger partial charge is 0.320 e. The third-order valence-electron chi connectivity index (χ3n) is 3.01. The molecule has 5 nitrogen and oxygen atoms in total. The van der Waals surface area contributed by atoms with E-state index in [2.05, 4.69) is 12.2 Å². The molecule has 1 amide bonds. The van der Waals surface area contributed by atoms with Crippen molar-refractivity contribution in [1.82, 2.24) is 10.2 Å². The van der Waals surface area contributed by atoms with Crippen LogP contribution >= 0.6 is 0 Å². The molecule has 1 unspecified atom stereocenters. The summed E-state index contributed by atoms with van der Waals surface area (Å²) < 4.78 is 5.09. The van der Waals surface area contributed by atoms with Gasteiger partial charge in [-0.15, -0.1) is 0 Å². The number of carbonyl (C=O) groups is 2. The summed E-state index contributed by atoms with van der Waals surface area (Å²) in [5, 5.41) is 2.63. The van der Waals surface area contributed by atoms with E-state index in [1.54, 1.807) is 7.05 Å². The number of rotatable bonds is 6. The van der Waals surface area contributed by atoms with Crippen LogP contribution in [0.4, 0.5) is 0 Å². The normalized spacial score (nSPS) is 20.2. The maximum absolute atomic E-state index is 11.6. The lowest BCUT2D eigenvalue weighted by atomic mass is 10.2. The Morgan fingerprint density at radius 1 is 1.47 bits per heavy atom. The molecular formula is C12H22N2O3. The number of ether oxygens (including phenoxy) is 1. The van der Waals surface area contributed by atoms with Crippen LogP contribution in [0, 0.1) is 0 Å². The lowest BCUT2D eigenvalue weighted by molar-refractivity contribution is -0.145. The van der Waals surface area contributed by atoms with Crippen LogP contribution in [-0.4, -0.2) is 49.6 Å². The maximum atomic E-state index is 11.6. The molecule has 1 N–H and O–H groups in total. The zero-order valence-corrected chi connectivity index (χ0v) is 10.7. The minimum absolute atomic E-state index is 0.0103. The second kappa shape index (κ2) is 7.27. The second-order valence-electron chi connectivity index (χ2n) is 4.32. The average molecular weight is 242 g/mol. The maximum Gasteiger partial charge on any atom is 0.320 e. The van der Waals surface area contributed by atoms with Gasteiger partial charge in [-0.2, -0.15) is 0 Å². The number of hydrogen-bond donors (Lipinski definition) is 1. The largest absolute Gasteiger partial charge is 0.465 e. The third kappa shape index (κ3) is 4.34. The highest BCUT2D eigenvalue weighted by Crippen LogP contribution is 2.16. The van der Waals surface area contributed by atoms with Crippen molar-refractivity contribution in [2.24, 2.45) is 0 Å². The number of nitrogens with one attached hydrogen (secondary N) is 1. The van der Waals surface area contributed by atoms with Crippen LogP contribution in [0.3, 0.4) is 0 Å². The molecular weight excluding hydrogens is 220 g/mol. The number of likely N-dealkylation sites (tertiary alicyclic amines) is 1. The van der Waals surface area contributed by atoms with E-state index in [9.17, 15) is 9.59 Å². The molecule has 1 aliphatic heterocycles. The molecule has 1 heterocycles. The summed E-state index contributed by atoms with van der Waals surface area (Å²) in [4.78, 5) is 25.0. The number of unbranched alkanes of at least 4 members (excludes halogenated alkanes) is 1. The summed E-state index contributed by atoms with van der Waals surface area (Å²) in [5.74, 6) is -0.238. The fourth-order valence-electron chi connectivity index (χ4n) is 2.02. The van der Waals surface area contributed by atoms with E-state index in [4.69, 9.17) is 4.74 Å². The van der Waals surface area contributed by atoms with Crippen LogP contribution in [-0.2, 0) is 14.3 Å². The van der Waals surface area contributed by atoms with E-state index < -0.39 is 0 Å². The van der Waals surface area contributed by atoms with E-state index in [1.165, 1.54) is 0 Å². The first-order valence-electron chi connectivity index (χ1n) is 6.30. The van der Waals surface area contributed by atoms with E-state index in [0.717, 1.165) is 32.2 Å².